The third-order valence-electron chi connectivity index (χ3n) is 3.67. The van der Waals surface area contributed by atoms with Crippen LogP contribution in [0.25, 0.3) is 0 Å². The Morgan fingerprint density at radius 3 is 2.48 bits per heavy atom. The molecule has 0 spiro atoms. The quantitative estimate of drug-likeness (QED) is 0.368. The Bertz CT molecular complexity index is 545. The van der Waals surface area contributed by atoms with E-state index in [1.807, 2.05) is 24.0 Å². The highest BCUT2D eigenvalue weighted by Crippen LogP contribution is 2.23. The van der Waals surface area contributed by atoms with E-state index >= 15 is 0 Å². The number of rotatable bonds is 5. The minimum absolute atomic E-state index is 0. The van der Waals surface area contributed by atoms with Crippen LogP contribution in [0.5, 0.6) is 0 Å². The Balaban J connectivity index is 0.00000312. The molecule has 0 saturated carbocycles. The number of thiophene rings is 1. The molecule has 0 aliphatic carbocycles. The van der Waals surface area contributed by atoms with Crippen LogP contribution >= 0.6 is 46.9 Å². The average Bonchev–Trinajstić information content (AvgIpc) is 2.91. The second kappa shape index (κ2) is 10.8. The molecule has 2 rings (SSSR count). The van der Waals surface area contributed by atoms with Crippen LogP contribution in [0.15, 0.2) is 17.1 Å². The zero-order chi connectivity index (χ0) is 17.6. The SMILES string of the molecule is CCNC(=NCCC(F)(F)F)N1CCN(Cc2ccc(Cl)s2)CC1.I. The number of halogens is 5. The average molecular weight is 511 g/mol. The van der Waals surface area contributed by atoms with Crippen molar-refractivity contribution in [3.63, 3.8) is 0 Å². The molecule has 1 N–H and O–H groups in total. The van der Waals surface area contributed by atoms with E-state index in [1.165, 1.54) is 4.88 Å². The summed E-state index contributed by atoms with van der Waals surface area (Å²) < 4.78 is 37.6. The number of hydrogen-bond donors (Lipinski definition) is 1. The zero-order valence-electron chi connectivity index (χ0n) is 14.0. The maximum atomic E-state index is 12.3. The van der Waals surface area contributed by atoms with Crippen molar-refractivity contribution in [3.05, 3.63) is 21.3 Å². The zero-order valence-corrected chi connectivity index (χ0v) is 17.9. The van der Waals surface area contributed by atoms with Gasteiger partial charge in [-0.3, -0.25) is 9.89 Å². The number of aliphatic imine (C=N–C) groups is 1. The summed E-state index contributed by atoms with van der Waals surface area (Å²) in [6.07, 6.45) is -5.05. The predicted octanol–water partition coefficient (Wildman–Crippen LogP) is 4.06. The smallest absolute Gasteiger partial charge is 0.357 e. The molecule has 0 amide bonds. The fourth-order valence-corrected chi connectivity index (χ4v) is 3.62. The fourth-order valence-electron chi connectivity index (χ4n) is 2.49. The molecule has 2 heterocycles. The van der Waals surface area contributed by atoms with Crippen molar-refractivity contribution in [3.8, 4) is 0 Å². The minimum Gasteiger partial charge on any atom is -0.357 e. The van der Waals surface area contributed by atoms with Gasteiger partial charge in [-0.25, -0.2) is 0 Å². The summed E-state index contributed by atoms with van der Waals surface area (Å²) >= 11 is 7.52. The largest absolute Gasteiger partial charge is 0.390 e. The van der Waals surface area contributed by atoms with E-state index in [1.54, 1.807) is 11.3 Å². The van der Waals surface area contributed by atoms with E-state index in [0.29, 0.717) is 12.5 Å². The minimum atomic E-state index is -4.17. The van der Waals surface area contributed by atoms with Gasteiger partial charge in [0.1, 0.15) is 0 Å². The molecule has 1 aromatic heterocycles. The highest BCUT2D eigenvalue weighted by Gasteiger charge is 2.26. The summed E-state index contributed by atoms with van der Waals surface area (Å²) in [5.41, 5.74) is 0. The van der Waals surface area contributed by atoms with E-state index in [2.05, 4.69) is 15.2 Å². The lowest BCUT2D eigenvalue weighted by molar-refractivity contribution is -0.132. The number of piperazine rings is 1. The first-order valence-electron chi connectivity index (χ1n) is 7.94. The maximum absolute atomic E-state index is 12.3. The van der Waals surface area contributed by atoms with Crippen molar-refractivity contribution in [1.82, 2.24) is 15.1 Å². The van der Waals surface area contributed by atoms with E-state index in [4.69, 9.17) is 11.6 Å². The van der Waals surface area contributed by atoms with E-state index in [0.717, 1.165) is 37.1 Å². The number of alkyl halides is 3. The van der Waals surface area contributed by atoms with Crippen LogP contribution in [0.2, 0.25) is 4.34 Å². The third-order valence-corrected chi connectivity index (χ3v) is 4.89. The molecular formula is C15H23ClF3IN4S. The van der Waals surface area contributed by atoms with Gasteiger partial charge in [-0.1, -0.05) is 11.6 Å². The van der Waals surface area contributed by atoms with Gasteiger partial charge in [-0.05, 0) is 19.1 Å². The first kappa shape index (κ1) is 22.8. The highest BCUT2D eigenvalue weighted by molar-refractivity contribution is 14.0. The summed E-state index contributed by atoms with van der Waals surface area (Å²) in [6, 6.07) is 3.93. The topological polar surface area (TPSA) is 30.9 Å². The molecule has 1 aliphatic rings. The van der Waals surface area contributed by atoms with Crippen LogP contribution in [0.3, 0.4) is 0 Å². The number of nitrogens with one attached hydrogen (secondary N) is 1. The molecule has 1 aromatic rings. The number of nitrogens with zero attached hydrogens (tertiary/aromatic N) is 3. The Kier molecular flexibility index (Phi) is 9.83. The molecular weight excluding hydrogens is 488 g/mol. The molecule has 1 saturated heterocycles. The van der Waals surface area contributed by atoms with Gasteiger partial charge in [-0.15, -0.1) is 35.3 Å². The Labute approximate surface area is 172 Å². The van der Waals surface area contributed by atoms with Gasteiger partial charge in [-0.2, -0.15) is 13.2 Å². The van der Waals surface area contributed by atoms with Crippen molar-refractivity contribution in [2.24, 2.45) is 4.99 Å². The third kappa shape index (κ3) is 8.31. The summed E-state index contributed by atoms with van der Waals surface area (Å²) in [5, 5.41) is 3.08. The molecule has 25 heavy (non-hydrogen) atoms. The highest BCUT2D eigenvalue weighted by atomic mass is 127. The molecule has 10 heteroatoms. The van der Waals surface area contributed by atoms with Crippen molar-refractivity contribution in [2.45, 2.75) is 26.1 Å². The molecule has 4 nitrogen and oxygen atoms in total. The lowest BCUT2D eigenvalue weighted by Crippen LogP contribution is -2.52. The molecule has 0 unspecified atom stereocenters. The molecule has 144 valence electrons. The van der Waals surface area contributed by atoms with Gasteiger partial charge in [0.15, 0.2) is 5.96 Å². The predicted molar refractivity (Wildman–Crippen MR) is 108 cm³/mol. The van der Waals surface area contributed by atoms with Gasteiger partial charge in [0, 0.05) is 44.1 Å². The van der Waals surface area contributed by atoms with E-state index in [9.17, 15) is 13.2 Å². The van der Waals surface area contributed by atoms with E-state index in [-0.39, 0.29) is 30.5 Å². The monoisotopic (exact) mass is 510 g/mol. The summed E-state index contributed by atoms with van der Waals surface area (Å²) in [6.45, 7) is 6.36. The fraction of sp³-hybridized carbons (Fsp3) is 0.667. The van der Waals surface area contributed by atoms with Crippen LogP contribution in [0.1, 0.15) is 18.2 Å². The second-order valence-electron chi connectivity index (χ2n) is 5.57. The standard InChI is InChI=1S/C15H22ClF3N4S.HI/c1-2-20-14(21-6-5-15(17,18)19)23-9-7-22(8-10-23)11-12-3-4-13(16)24-12;/h3-4H,2,5-11H2,1H3,(H,20,21);1H. The molecule has 1 aliphatic heterocycles. The number of hydrogen-bond acceptors (Lipinski definition) is 3. The maximum Gasteiger partial charge on any atom is 0.390 e. The van der Waals surface area contributed by atoms with Crippen LogP contribution in [-0.4, -0.2) is 61.2 Å². The van der Waals surface area contributed by atoms with Crippen molar-refractivity contribution < 1.29 is 13.2 Å². The Morgan fingerprint density at radius 2 is 1.96 bits per heavy atom. The van der Waals surface area contributed by atoms with Crippen LogP contribution in [0.4, 0.5) is 13.2 Å². The Morgan fingerprint density at radius 1 is 1.28 bits per heavy atom. The van der Waals surface area contributed by atoms with Gasteiger partial charge in [0.25, 0.3) is 0 Å². The summed E-state index contributed by atoms with van der Waals surface area (Å²) in [5.74, 6) is 0.570. The molecule has 0 radical (unpaired) electrons. The first-order valence-corrected chi connectivity index (χ1v) is 9.13. The molecule has 0 atom stereocenters. The number of guanidine groups is 1. The first-order chi connectivity index (χ1) is 11.4. The Hall–Kier alpha value is -0.260. The van der Waals surface area contributed by atoms with Gasteiger partial charge < -0.3 is 10.2 Å². The van der Waals surface area contributed by atoms with Crippen LogP contribution in [-0.2, 0) is 6.54 Å². The second-order valence-corrected chi connectivity index (χ2v) is 7.37. The molecule has 0 aromatic carbocycles. The molecule has 0 bridgehead atoms. The normalized spacial score (nSPS) is 16.7. The van der Waals surface area contributed by atoms with E-state index < -0.39 is 12.6 Å². The lowest BCUT2D eigenvalue weighted by Gasteiger charge is -2.36. The van der Waals surface area contributed by atoms with Crippen molar-refractivity contribution >= 4 is 52.9 Å². The van der Waals surface area contributed by atoms with Gasteiger partial charge in [0.05, 0.1) is 17.3 Å². The summed E-state index contributed by atoms with van der Waals surface area (Å²) in [4.78, 5) is 9.68. The van der Waals surface area contributed by atoms with Crippen molar-refractivity contribution in [1.29, 1.82) is 0 Å². The van der Waals surface area contributed by atoms with Gasteiger partial charge in [0.2, 0.25) is 0 Å². The van der Waals surface area contributed by atoms with Crippen LogP contribution in [0, 0.1) is 0 Å². The van der Waals surface area contributed by atoms with Crippen LogP contribution < -0.4 is 5.32 Å². The molecule has 1 fully saturated rings. The van der Waals surface area contributed by atoms with Crippen molar-refractivity contribution in [2.75, 3.05) is 39.3 Å². The summed E-state index contributed by atoms with van der Waals surface area (Å²) in [7, 11) is 0. The van der Waals surface area contributed by atoms with Gasteiger partial charge >= 0.3 is 6.18 Å². The lowest BCUT2D eigenvalue weighted by atomic mass is 10.3.